The third kappa shape index (κ3) is 1.79. The van der Waals surface area contributed by atoms with Crippen molar-refractivity contribution in [2.45, 2.75) is 20.3 Å². The third-order valence-corrected chi connectivity index (χ3v) is 2.12. The van der Waals surface area contributed by atoms with Gasteiger partial charge in [-0.1, -0.05) is 6.92 Å². The monoisotopic (exact) mass is 155 g/mol. The van der Waals surface area contributed by atoms with Gasteiger partial charge in [0.15, 0.2) is 0 Å². The normalized spacial score (nSPS) is 25.5. The van der Waals surface area contributed by atoms with Gasteiger partial charge < -0.3 is 4.90 Å². The second kappa shape index (κ2) is 3.03. The largest absolute Gasteiger partial charge is 0.342 e. The van der Waals surface area contributed by atoms with Crippen molar-refractivity contribution in [3.05, 3.63) is 0 Å². The molecule has 0 saturated carbocycles. The molecule has 3 nitrogen and oxygen atoms in total. The van der Waals surface area contributed by atoms with Crippen LogP contribution in [-0.2, 0) is 9.59 Å². The standard InChI is InChI=1S/C8H13NO2/c1-6-5-9(7(2)10)4-3-8(6)11/h6H,3-5H2,1-2H3/t6-/m0/s1. The molecule has 1 fully saturated rings. The Morgan fingerprint density at radius 1 is 1.64 bits per heavy atom. The lowest BCUT2D eigenvalue weighted by molar-refractivity contribution is -0.135. The zero-order chi connectivity index (χ0) is 8.43. The summed E-state index contributed by atoms with van der Waals surface area (Å²) >= 11 is 0. The highest BCUT2D eigenvalue weighted by molar-refractivity contribution is 5.84. The molecule has 0 aromatic rings. The van der Waals surface area contributed by atoms with Gasteiger partial charge >= 0.3 is 0 Å². The van der Waals surface area contributed by atoms with Gasteiger partial charge in [0.2, 0.25) is 5.91 Å². The van der Waals surface area contributed by atoms with Gasteiger partial charge in [-0.2, -0.15) is 0 Å². The van der Waals surface area contributed by atoms with Gasteiger partial charge in [-0.3, -0.25) is 9.59 Å². The summed E-state index contributed by atoms with van der Waals surface area (Å²) in [7, 11) is 0. The first-order valence-corrected chi connectivity index (χ1v) is 3.89. The van der Waals surface area contributed by atoms with Crippen LogP contribution >= 0.6 is 0 Å². The molecule has 0 unspecified atom stereocenters. The van der Waals surface area contributed by atoms with E-state index in [0.29, 0.717) is 19.5 Å². The molecule has 1 heterocycles. The number of rotatable bonds is 0. The first-order valence-electron chi connectivity index (χ1n) is 3.89. The molecule has 1 rings (SSSR count). The van der Waals surface area contributed by atoms with Crippen LogP contribution in [0.4, 0.5) is 0 Å². The summed E-state index contributed by atoms with van der Waals surface area (Å²) in [6.07, 6.45) is 0.529. The van der Waals surface area contributed by atoms with Crippen molar-refractivity contribution in [3.63, 3.8) is 0 Å². The summed E-state index contributed by atoms with van der Waals surface area (Å²) in [5.74, 6) is 0.388. The highest BCUT2D eigenvalue weighted by atomic mass is 16.2. The van der Waals surface area contributed by atoms with E-state index in [1.165, 1.54) is 0 Å². The Labute approximate surface area is 66.4 Å². The van der Waals surface area contributed by atoms with E-state index in [1.807, 2.05) is 6.92 Å². The molecular weight excluding hydrogens is 142 g/mol. The Hall–Kier alpha value is -0.860. The fraction of sp³-hybridized carbons (Fsp3) is 0.750. The van der Waals surface area contributed by atoms with Gasteiger partial charge in [0.25, 0.3) is 0 Å². The smallest absolute Gasteiger partial charge is 0.219 e. The highest BCUT2D eigenvalue weighted by Crippen LogP contribution is 2.11. The van der Waals surface area contributed by atoms with Crippen molar-refractivity contribution < 1.29 is 9.59 Å². The number of amides is 1. The minimum absolute atomic E-state index is 0.0349. The van der Waals surface area contributed by atoms with Crippen LogP contribution in [0.2, 0.25) is 0 Å². The van der Waals surface area contributed by atoms with Gasteiger partial charge in [0.05, 0.1) is 0 Å². The van der Waals surface area contributed by atoms with Crippen LogP contribution in [0.1, 0.15) is 20.3 Å². The number of piperidine rings is 1. The molecule has 1 aliphatic rings. The quantitative estimate of drug-likeness (QED) is 0.509. The molecule has 0 radical (unpaired) electrons. The minimum atomic E-state index is 0.0349. The lowest BCUT2D eigenvalue weighted by Gasteiger charge is -2.28. The fourth-order valence-corrected chi connectivity index (χ4v) is 1.30. The van der Waals surface area contributed by atoms with Crippen molar-refractivity contribution in [2.24, 2.45) is 5.92 Å². The summed E-state index contributed by atoms with van der Waals surface area (Å²) in [5, 5.41) is 0. The molecule has 0 N–H and O–H groups in total. The number of likely N-dealkylation sites (tertiary alicyclic amines) is 1. The maximum Gasteiger partial charge on any atom is 0.219 e. The minimum Gasteiger partial charge on any atom is -0.342 e. The zero-order valence-corrected chi connectivity index (χ0v) is 6.96. The Bertz CT molecular complexity index is 189. The summed E-state index contributed by atoms with van der Waals surface area (Å²) in [6.45, 7) is 4.63. The van der Waals surface area contributed by atoms with Gasteiger partial charge in [-0.25, -0.2) is 0 Å². The number of ketones is 1. The maximum atomic E-state index is 11.0. The van der Waals surface area contributed by atoms with Gasteiger partial charge in [-0.15, -0.1) is 0 Å². The van der Waals surface area contributed by atoms with Crippen LogP contribution in [0.3, 0.4) is 0 Å². The van der Waals surface area contributed by atoms with Gasteiger partial charge in [-0.05, 0) is 0 Å². The molecule has 0 bridgehead atoms. The molecule has 1 aliphatic heterocycles. The molecule has 3 heteroatoms. The van der Waals surface area contributed by atoms with Crippen molar-refractivity contribution in [1.29, 1.82) is 0 Å². The van der Waals surface area contributed by atoms with Crippen molar-refractivity contribution in [2.75, 3.05) is 13.1 Å². The number of carbonyl (C=O) groups is 2. The molecule has 0 aromatic carbocycles. The first kappa shape index (κ1) is 8.24. The number of Topliss-reactive ketones (excluding diaryl/α,β-unsaturated/α-hetero) is 1. The van der Waals surface area contributed by atoms with E-state index in [2.05, 4.69) is 0 Å². The Kier molecular flexibility index (Phi) is 2.27. The van der Waals surface area contributed by atoms with Crippen LogP contribution in [0.5, 0.6) is 0 Å². The highest BCUT2D eigenvalue weighted by Gasteiger charge is 2.24. The molecule has 0 aliphatic carbocycles. The van der Waals surface area contributed by atoms with E-state index in [-0.39, 0.29) is 17.6 Å². The second-order valence-electron chi connectivity index (χ2n) is 3.08. The molecule has 0 spiro atoms. The molecule has 1 amide bonds. The molecule has 1 saturated heterocycles. The van der Waals surface area contributed by atoms with E-state index in [0.717, 1.165) is 0 Å². The van der Waals surface area contributed by atoms with Crippen molar-refractivity contribution in [3.8, 4) is 0 Å². The summed E-state index contributed by atoms with van der Waals surface area (Å²) in [6, 6.07) is 0. The number of hydrogen-bond donors (Lipinski definition) is 0. The Morgan fingerprint density at radius 3 is 2.73 bits per heavy atom. The maximum absolute atomic E-state index is 11.0. The second-order valence-corrected chi connectivity index (χ2v) is 3.08. The van der Waals surface area contributed by atoms with Crippen molar-refractivity contribution in [1.82, 2.24) is 4.90 Å². The SMILES string of the molecule is CC(=O)N1CCC(=O)[C@@H](C)C1. The van der Waals surface area contributed by atoms with Gasteiger partial charge in [0.1, 0.15) is 5.78 Å². The van der Waals surface area contributed by atoms with E-state index in [4.69, 9.17) is 0 Å². The van der Waals surface area contributed by atoms with Crippen LogP contribution in [0.25, 0.3) is 0 Å². The average molecular weight is 155 g/mol. The average Bonchev–Trinajstić information content (AvgIpc) is 1.94. The van der Waals surface area contributed by atoms with Crippen LogP contribution in [0, 0.1) is 5.92 Å². The molecule has 0 aromatic heterocycles. The van der Waals surface area contributed by atoms with Crippen LogP contribution < -0.4 is 0 Å². The zero-order valence-electron chi connectivity index (χ0n) is 6.96. The molecule has 11 heavy (non-hydrogen) atoms. The Morgan fingerprint density at radius 2 is 2.27 bits per heavy atom. The summed E-state index contributed by atoms with van der Waals surface area (Å²) < 4.78 is 0. The van der Waals surface area contributed by atoms with E-state index < -0.39 is 0 Å². The lowest BCUT2D eigenvalue weighted by atomic mass is 9.99. The van der Waals surface area contributed by atoms with Crippen LogP contribution in [-0.4, -0.2) is 29.7 Å². The lowest BCUT2D eigenvalue weighted by Crippen LogP contribution is -2.41. The van der Waals surface area contributed by atoms with Crippen LogP contribution in [0.15, 0.2) is 0 Å². The molecular formula is C8H13NO2. The predicted molar refractivity (Wildman–Crippen MR) is 41.0 cm³/mol. The third-order valence-electron chi connectivity index (χ3n) is 2.12. The van der Waals surface area contributed by atoms with E-state index in [9.17, 15) is 9.59 Å². The van der Waals surface area contributed by atoms with E-state index >= 15 is 0 Å². The first-order chi connectivity index (χ1) is 5.11. The van der Waals surface area contributed by atoms with Gasteiger partial charge in [0, 0.05) is 32.4 Å². The summed E-state index contributed by atoms with van der Waals surface area (Å²) in [5.41, 5.74) is 0. The summed E-state index contributed by atoms with van der Waals surface area (Å²) in [4.78, 5) is 23.6. The van der Waals surface area contributed by atoms with E-state index in [1.54, 1.807) is 11.8 Å². The van der Waals surface area contributed by atoms with Crippen molar-refractivity contribution >= 4 is 11.7 Å². The Balaban J connectivity index is 2.52. The molecule has 62 valence electrons. The fourth-order valence-electron chi connectivity index (χ4n) is 1.30. The molecule has 1 atom stereocenters. The number of nitrogens with zero attached hydrogens (tertiary/aromatic N) is 1. The predicted octanol–water partition coefficient (Wildman–Crippen LogP) is 0.444. The number of hydrogen-bond acceptors (Lipinski definition) is 2. The topological polar surface area (TPSA) is 37.4 Å². The number of carbonyl (C=O) groups excluding carboxylic acids is 2.